The molecule has 2 aliphatic rings. The number of para-hydroxylation sites is 1. The third kappa shape index (κ3) is 3.93. The Morgan fingerprint density at radius 2 is 2.12 bits per heavy atom. The Morgan fingerprint density at radius 1 is 1.31 bits per heavy atom. The first-order chi connectivity index (χ1) is 12.7. The average molecular weight is 391 g/mol. The van der Waals surface area contributed by atoms with Gasteiger partial charge in [-0.2, -0.15) is 0 Å². The monoisotopic (exact) mass is 390 g/mol. The molecule has 0 radical (unpaired) electrons. The van der Waals surface area contributed by atoms with E-state index in [2.05, 4.69) is 22.4 Å². The van der Waals surface area contributed by atoms with Gasteiger partial charge in [0.15, 0.2) is 5.76 Å². The molecule has 0 aliphatic carbocycles. The summed E-state index contributed by atoms with van der Waals surface area (Å²) in [6.07, 6.45) is 0. The van der Waals surface area contributed by atoms with Gasteiger partial charge in [-0.3, -0.25) is 15.2 Å². The second kappa shape index (κ2) is 8.04. The van der Waals surface area contributed by atoms with Gasteiger partial charge in [-0.1, -0.05) is 41.7 Å². The number of aliphatic imine (C=N–C) groups is 1. The predicted molar refractivity (Wildman–Crippen MR) is 109 cm³/mol. The summed E-state index contributed by atoms with van der Waals surface area (Å²) in [5, 5.41) is 2.98. The van der Waals surface area contributed by atoms with Crippen molar-refractivity contribution in [1.82, 2.24) is 15.3 Å². The average Bonchev–Trinajstić information content (AvgIpc) is 3.29. The van der Waals surface area contributed by atoms with Crippen LogP contribution in [0.4, 0.5) is 0 Å². The van der Waals surface area contributed by atoms with Gasteiger partial charge in [0.25, 0.3) is 0 Å². The lowest BCUT2D eigenvalue weighted by atomic mass is 10.1. The highest BCUT2D eigenvalue weighted by Crippen LogP contribution is 2.32. The van der Waals surface area contributed by atoms with Crippen molar-refractivity contribution in [2.75, 3.05) is 45.5 Å². The van der Waals surface area contributed by atoms with Gasteiger partial charge in [-0.25, -0.2) is 5.01 Å². The van der Waals surface area contributed by atoms with E-state index in [1.807, 2.05) is 29.3 Å². The summed E-state index contributed by atoms with van der Waals surface area (Å²) >= 11 is 3.47. The summed E-state index contributed by atoms with van der Waals surface area (Å²) in [7, 11) is 2.09. The largest absolute Gasteiger partial charge is 0.451 e. The molecule has 1 amide bonds. The van der Waals surface area contributed by atoms with Crippen molar-refractivity contribution < 1.29 is 9.21 Å². The number of carbonyl (C=O) groups excluding carboxylic acids is 1. The number of carbonyl (C=O) groups is 1. The number of hydrogen-bond donors (Lipinski definition) is 1. The Bertz CT molecular complexity index is 828. The fraction of sp³-hybridized carbons (Fsp3) is 0.444. The van der Waals surface area contributed by atoms with Crippen LogP contribution in [0.1, 0.15) is 16.1 Å². The van der Waals surface area contributed by atoms with Gasteiger partial charge in [0.1, 0.15) is 9.96 Å². The quantitative estimate of drug-likeness (QED) is 0.866. The number of likely N-dealkylation sites (N-methyl/N-ethyl adjacent to an activating group) is 1. The molecule has 3 heterocycles. The summed E-state index contributed by atoms with van der Waals surface area (Å²) in [4.78, 5) is 19.6. The molecule has 0 bridgehead atoms. The molecule has 1 fully saturated rings. The second-order valence-electron chi connectivity index (χ2n) is 6.42. The van der Waals surface area contributed by atoms with Gasteiger partial charge in [0.05, 0.1) is 6.54 Å². The van der Waals surface area contributed by atoms with Crippen LogP contribution < -0.4 is 5.43 Å². The molecule has 1 saturated heterocycles. The summed E-state index contributed by atoms with van der Waals surface area (Å²) in [5.41, 5.74) is 4.72. The zero-order chi connectivity index (χ0) is 17.9. The van der Waals surface area contributed by atoms with E-state index in [0.29, 0.717) is 11.5 Å². The number of amides is 1. The molecule has 138 valence electrons. The van der Waals surface area contributed by atoms with E-state index in [4.69, 9.17) is 4.42 Å². The number of piperazine rings is 1. The number of nitrogens with zero attached hydrogens (tertiary/aromatic N) is 3. The van der Waals surface area contributed by atoms with Crippen LogP contribution in [0.5, 0.6) is 0 Å². The molecule has 4 rings (SSSR count). The Hall–Kier alpha value is -1.48. The Kier molecular flexibility index (Phi) is 5.54. The zero-order valence-corrected chi connectivity index (χ0v) is 16.4. The minimum Gasteiger partial charge on any atom is -0.451 e. The molecule has 8 heteroatoms. The van der Waals surface area contributed by atoms with Crippen LogP contribution in [0.15, 0.2) is 33.7 Å². The van der Waals surface area contributed by atoms with Crippen molar-refractivity contribution in [3.63, 3.8) is 0 Å². The van der Waals surface area contributed by atoms with Gasteiger partial charge < -0.3 is 9.32 Å². The lowest BCUT2D eigenvalue weighted by molar-refractivity contribution is 0.0638. The van der Waals surface area contributed by atoms with Crippen LogP contribution in [-0.4, -0.2) is 65.7 Å². The van der Waals surface area contributed by atoms with Crippen molar-refractivity contribution in [2.45, 2.75) is 5.75 Å². The standard InChI is InChI=1S/C18H22N4O2S2/c1-21-7-9-22(10-8-21)20-17(23)16-14(12-26-18-19-6-11-25-18)13-4-2-3-5-15(13)24-16/h2-5H,6-12H2,1H3,(H,20,23). The molecule has 0 atom stereocenters. The number of rotatable bonds is 4. The van der Waals surface area contributed by atoms with E-state index in [9.17, 15) is 4.79 Å². The van der Waals surface area contributed by atoms with Crippen molar-refractivity contribution in [2.24, 2.45) is 4.99 Å². The van der Waals surface area contributed by atoms with Crippen LogP contribution in [0.3, 0.4) is 0 Å². The predicted octanol–water partition coefficient (Wildman–Crippen LogP) is 2.66. The Balaban J connectivity index is 1.54. The minimum absolute atomic E-state index is 0.164. The smallest absolute Gasteiger partial charge is 0.301 e. The maximum absolute atomic E-state index is 12.9. The number of nitrogens with one attached hydrogen (secondary N) is 1. The highest BCUT2D eigenvalue weighted by atomic mass is 32.2. The summed E-state index contributed by atoms with van der Waals surface area (Å²) in [6, 6.07) is 7.85. The van der Waals surface area contributed by atoms with E-state index in [0.717, 1.165) is 59.4 Å². The molecule has 1 aromatic carbocycles. The number of hydrazine groups is 1. The topological polar surface area (TPSA) is 61.1 Å². The van der Waals surface area contributed by atoms with Crippen molar-refractivity contribution in [3.8, 4) is 0 Å². The number of fused-ring (bicyclic) bond motifs is 1. The first kappa shape index (κ1) is 17.9. The molecule has 1 aromatic heterocycles. The zero-order valence-electron chi connectivity index (χ0n) is 14.7. The van der Waals surface area contributed by atoms with Crippen molar-refractivity contribution >= 4 is 44.8 Å². The number of thioether (sulfide) groups is 2. The molecule has 26 heavy (non-hydrogen) atoms. The molecule has 2 aromatic rings. The number of hydrogen-bond acceptors (Lipinski definition) is 7. The van der Waals surface area contributed by atoms with E-state index >= 15 is 0 Å². The molecule has 1 N–H and O–H groups in total. The van der Waals surface area contributed by atoms with Crippen LogP contribution >= 0.6 is 23.5 Å². The lowest BCUT2D eigenvalue weighted by Gasteiger charge is -2.32. The first-order valence-electron chi connectivity index (χ1n) is 8.75. The fourth-order valence-corrected chi connectivity index (χ4v) is 5.11. The maximum atomic E-state index is 12.9. The van der Waals surface area contributed by atoms with Gasteiger partial charge in [0.2, 0.25) is 0 Å². The van der Waals surface area contributed by atoms with E-state index < -0.39 is 0 Å². The number of furan rings is 1. The second-order valence-corrected chi connectivity index (χ2v) is 8.73. The minimum atomic E-state index is -0.164. The van der Waals surface area contributed by atoms with Gasteiger partial charge in [-0.15, -0.1) is 0 Å². The van der Waals surface area contributed by atoms with E-state index in [-0.39, 0.29) is 5.91 Å². The first-order valence-corrected chi connectivity index (χ1v) is 10.7. The molecule has 0 unspecified atom stereocenters. The summed E-state index contributed by atoms with van der Waals surface area (Å²) < 4.78 is 7.03. The van der Waals surface area contributed by atoms with Gasteiger partial charge >= 0.3 is 5.91 Å². The SMILES string of the molecule is CN1CCN(NC(=O)c2oc3ccccc3c2CSC2=NCCS2)CC1. The number of benzene rings is 1. The van der Waals surface area contributed by atoms with Gasteiger partial charge in [0, 0.05) is 48.6 Å². The fourth-order valence-electron chi connectivity index (χ4n) is 3.07. The highest BCUT2D eigenvalue weighted by molar-refractivity contribution is 8.38. The van der Waals surface area contributed by atoms with Crippen molar-refractivity contribution in [1.29, 1.82) is 0 Å². The van der Waals surface area contributed by atoms with Crippen molar-refractivity contribution in [3.05, 3.63) is 35.6 Å². The van der Waals surface area contributed by atoms with E-state index in [1.54, 1.807) is 23.5 Å². The van der Waals surface area contributed by atoms with E-state index in [1.165, 1.54) is 0 Å². The van der Waals surface area contributed by atoms with Crippen LogP contribution in [0, 0.1) is 0 Å². The maximum Gasteiger partial charge on any atom is 0.301 e. The molecule has 2 aliphatic heterocycles. The van der Waals surface area contributed by atoms with Crippen LogP contribution in [0.25, 0.3) is 11.0 Å². The molecule has 0 saturated carbocycles. The summed E-state index contributed by atoms with van der Waals surface area (Å²) in [5.74, 6) is 1.99. The third-order valence-corrected chi connectivity index (χ3v) is 6.84. The van der Waals surface area contributed by atoms with Crippen LogP contribution in [-0.2, 0) is 5.75 Å². The Labute approximate surface area is 161 Å². The molecular formula is C18H22N4O2S2. The van der Waals surface area contributed by atoms with Crippen LogP contribution in [0.2, 0.25) is 0 Å². The molecule has 0 spiro atoms. The molecule has 6 nitrogen and oxygen atoms in total. The summed E-state index contributed by atoms with van der Waals surface area (Å²) in [6.45, 7) is 4.41. The normalized spacial score (nSPS) is 19.0. The Morgan fingerprint density at radius 3 is 2.88 bits per heavy atom. The third-order valence-electron chi connectivity index (χ3n) is 4.57. The molecular weight excluding hydrogens is 368 g/mol. The highest BCUT2D eigenvalue weighted by Gasteiger charge is 2.24. The van der Waals surface area contributed by atoms with Gasteiger partial charge in [-0.05, 0) is 13.1 Å². The lowest BCUT2D eigenvalue weighted by Crippen LogP contribution is -2.52.